The second-order valence-corrected chi connectivity index (χ2v) is 6.51. The lowest BCUT2D eigenvalue weighted by Gasteiger charge is -2.23. The van der Waals surface area contributed by atoms with Crippen LogP contribution in [-0.4, -0.2) is 10.1 Å². The van der Waals surface area contributed by atoms with E-state index in [1.54, 1.807) is 0 Å². The largest absolute Gasteiger partial charge is 0.373 e. The molecule has 1 atom stereocenters. The molecule has 0 bridgehead atoms. The van der Waals surface area contributed by atoms with Gasteiger partial charge in [-0.2, -0.15) is 4.98 Å². The molecule has 21 heavy (non-hydrogen) atoms. The summed E-state index contributed by atoms with van der Waals surface area (Å²) in [6, 6.07) is 8.52. The molecular formula is C17H21N3O. The number of nitrogens with one attached hydrogen (secondary N) is 1. The minimum atomic E-state index is 0.131. The molecule has 0 amide bonds. The summed E-state index contributed by atoms with van der Waals surface area (Å²) in [7, 11) is 0. The minimum absolute atomic E-state index is 0.131. The van der Waals surface area contributed by atoms with Crippen LogP contribution in [0, 0.1) is 5.92 Å². The van der Waals surface area contributed by atoms with Gasteiger partial charge in [-0.05, 0) is 30.4 Å². The molecule has 2 heterocycles. The fourth-order valence-electron chi connectivity index (χ4n) is 3.52. The van der Waals surface area contributed by atoms with Gasteiger partial charge in [-0.15, -0.1) is 0 Å². The SMILES string of the molecule is CC1CCC(c2noc([C@@H]3Cc4ccccc4N3)n2)CC1. The maximum Gasteiger partial charge on any atom is 0.249 e. The Balaban J connectivity index is 1.49. The second kappa shape index (κ2) is 5.17. The second-order valence-electron chi connectivity index (χ2n) is 6.51. The van der Waals surface area contributed by atoms with Crippen molar-refractivity contribution in [2.24, 2.45) is 5.92 Å². The van der Waals surface area contributed by atoms with E-state index in [0.29, 0.717) is 5.92 Å². The summed E-state index contributed by atoms with van der Waals surface area (Å²) in [6.07, 6.45) is 5.87. The first kappa shape index (κ1) is 12.9. The zero-order valence-electron chi connectivity index (χ0n) is 12.4. The summed E-state index contributed by atoms with van der Waals surface area (Å²) in [4.78, 5) is 4.68. The summed E-state index contributed by atoms with van der Waals surface area (Å²) in [5.41, 5.74) is 2.52. The van der Waals surface area contributed by atoms with E-state index in [0.717, 1.165) is 24.1 Å². The summed E-state index contributed by atoms with van der Waals surface area (Å²) in [5.74, 6) is 2.98. The molecule has 1 aromatic heterocycles. The van der Waals surface area contributed by atoms with E-state index >= 15 is 0 Å². The van der Waals surface area contributed by atoms with Gasteiger partial charge in [0.2, 0.25) is 5.89 Å². The van der Waals surface area contributed by atoms with Gasteiger partial charge in [0.05, 0.1) is 0 Å². The van der Waals surface area contributed by atoms with Gasteiger partial charge < -0.3 is 9.84 Å². The van der Waals surface area contributed by atoms with Gasteiger partial charge in [0.1, 0.15) is 6.04 Å². The predicted octanol–water partition coefficient (Wildman–Crippen LogP) is 4.07. The first-order chi connectivity index (χ1) is 10.3. The molecular weight excluding hydrogens is 262 g/mol. The lowest BCUT2D eigenvalue weighted by Crippen LogP contribution is -2.12. The Hall–Kier alpha value is -1.84. The van der Waals surface area contributed by atoms with E-state index in [4.69, 9.17) is 4.52 Å². The Labute approximate surface area is 124 Å². The number of hydrogen-bond acceptors (Lipinski definition) is 4. The van der Waals surface area contributed by atoms with E-state index in [2.05, 4.69) is 46.6 Å². The van der Waals surface area contributed by atoms with Crippen molar-refractivity contribution in [2.75, 3.05) is 5.32 Å². The van der Waals surface area contributed by atoms with Crippen molar-refractivity contribution in [3.63, 3.8) is 0 Å². The molecule has 1 aromatic carbocycles. The summed E-state index contributed by atoms with van der Waals surface area (Å²) in [6.45, 7) is 2.33. The van der Waals surface area contributed by atoms with Gasteiger partial charge in [-0.1, -0.05) is 43.1 Å². The van der Waals surface area contributed by atoms with Crippen molar-refractivity contribution in [3.8, 4) is 0 Å². The number of benzene rings is 1. The van der Waals surface area contributed by atoms with Crippen LogP contribution in [0.25, 0.3) is 0 Å². The first-order valence-corrected chi connectivity index (χ1v) is 7.97. The van der Waals surface area contributed by atoms with Crippen LogP contribution in [-0.2, 0) is 6.42 Å². The van der Waals surface area contributed by atoms with Crippen molar-refractivity contribution < 1.29 is 4.52 Å². The third kappa shape index (κ3) is 2.43. The van der Waals surface area contributed by atoms with Crippen LogP contribution in [0.5, 0.6) is 0 Å². The van der Waals surface area contributed by atoms with Gasteiger partial charge >= 0.3 is 0 Å². The summed E-state index contributed by atoms with van der Waals surface area (Å²) >= 11 is 0. The predicted molar refractivity (Wildman–Crippen MR) is 81.2 cm³/mol. The molecule has 0 saturated heterocycles. The van der Waals surface area contributed by atoms with Crippen LogP contribution in [0.1, 0.15) is 61.8 Å². The highest BCUT2D eigenvalue weighted by molar-refractivity contribution is 5.56. The number of rotatable bonds is 2. The van der Waals surface area contributed by atoms with Crippen molar-refractivity contribution >= 4 is 5.69 Å². The Morgan fingerprint density at radius 1 is 1.14 bits per heavy atom. The van der Waals surface area contributed by atoms with Crippen molar-refractivity contribution in [1.29, 1.82) is 0 Å². The van der Waals surface area contributed by atoms with Crippen LogP contribution in [0.15, 0.2) is 28.8 Å². The molecule has 0 radical (unpaired) electrons. The summed E-state index contributed by atoms with van der Waals surface area (Å²) < 4.78 is 5.54. The van der Waals surface area contributed by atoms with E-state index < -0.39 is 0 Å². The molecule has 1 N–H and O–H groups in total. The normalized spacial score (nSPS) is 28.1. The third-order valence-electron chi connectivity index (χ3n) is 4.91. The molecule has 4 nitrogen and oxygen atoms in total. The molecule has 4 heteroatoms. The molecule has 0 unspecified atom stereocenters. The number of hydrogen-bond donors (Lipinski definition) is 1. The Morgan fingerprint density at radius 3 is 2.76 bits per heavy atom. The maximum absolute atomic E-state index is 5.54. The van der Waals surface area contributed by atoms with Gasteiger partial charge in [0, 0.05) is 18.0 Å². The molecule has 1 aliphatic heterocycles. The van der Waals surface area contributed by atoms with Crippen molar-refractivity contribution in [1.82, 2.24) is 10.1 Å². The van der Waals surface area contributed by atoms with Gasteiger partial charge in [0.15, 0.2) is 5.82 Å². The molecule has 1 saturated carbocycles. The molecule has 1 aliphatic carbocycles. The van der Waals surface area contributed by atoms with Crippen LogP contribution < -0.4 is 5.32 Å². The van der Waals surface area contributed by atoms with Crippen LogP contribution in [0.4, 0.5) is 5.69 Å². The Kier molecular flexibility index (Phi) is 3.17. The maximum atomic E-state index is 5.54. The fraction of sp³-hybridized carbons (Fsp3) is 0.529. The van der Waals surface area contributed by atoms with Crippen LogP contribution in [0.3, 0.4) is 0 Å². The third-order valence-corrected chi connectivity index (χ3v) is 4.91. The van der Waals surface area contributed by atoms with Crippen LogP contribution in [0.2, 0.25) is 0 Å². The Bertz CT molecular complexity index is 603. The average molecular weight is 283 g/mol. The number of para-hydroxylation sites is 1. The van der Waals surface area contributed by atoms with Crippen molar-refractivity contribution in [2.45, 2.75) is 51.0 Å². The first-order valence-electron chi connectivity index (χ1n) is 7.97. The van der Waals surface area contributed by atoms with E-state index in [-0.39, 0.29) is 6.04 Å². The standard InChI is InChI=1S/C17H21N3O/c1-11-6-8-12(9-7-11)16-19-17(21-20-16)15-10-13-4-2-3-5-14(13)18-15/h2-5,11-12,15,18H,6-10H2,1H3/t11?,12?,15-/m0/s1. The highest BCUT2D eigenvalue weighted by Crippen LogP contribution is 2.36. The van der Waals surface area contributed by atoms with E-state index in [1.165, 1.54) is 36.9 Å². The van der Waals surface area contributed by atoms with Gasteiger partial charge in [0.25, 0.3) is 0 Å². The van der Waals surface area contributed by atoms with Gasteiger partial charge in [-0.25, -0.2) is 0 Å². The lowest BCUT2D eigenvalue weighted by molar-refractivity contribution is 0.321. The molecule has 2 aromatic rings. The molecule has 4 rings (SSSR count). The van der Waals surface area contributed by atoms with Gasteiger partial charge in [-0.3, -0.25) is 0 Å². The highest BCUT2D eigenvalue weighted by Gasteiger charge is 2.29. The quantitative estimate of drug-likeness (QED) is 0.902. The van der Waals surface area contributed by atoms with E-state index in [1.807, 2.05) is 0 Å². The lowest BCUT2D eigenvalue weighted by atomic mass is 9.83. The average Bonchev–Trinajstić information content (AvgIpc) is 3.14. The number of aromatic nitrogens is 2. The zero-order valence-corrected chi connectivity index (χ0v) is 12.4. The van der Waals surface area contributed by atoms with Crippen molar-refractivity contribution in [3.05, 3.63) is 41.5 Å². The highest BCUT2D eigenvalue weighted by atomic mass is 16.5. The molecule has 2 aliphatic rings. The fourth-order valence-corrected chi connectivity index (χ4v) is 3.52. The van der Waals surface area contributed by atoms with Crippen LogP contribution >= 0.6 is 0 Å². The Morgan fingerprint density at radius 2 is 1.95 bits per heavy atom. The van der Waals surface area contributed by atoms with E-state index in [9.17, 15) is 0 Å². The number of fused-ring (bicyclic) bond motifs is 1. The number of anilines is 1. The summed E-state index contributed by atoms with van der Waals surface area (Å²) in [5, 5.41) is 7.72. The minimum Gasteiger partial charge on any atom is -0.373 e. The topological polar surface area (TPSA) is 51.0 Å². The smallest absolute Gasteiger partial charge is 0.249 e. The zero-order chi connectivity index (χ0) is 14.2. The number of nitrogens with zero attached hydrogens (tertiary/aromatic N) is 2. The molecule has 0 spiro atoms. The molecule has 110 valence electrons. The monoisotopic (exact) mass is 283 g/mol. The molecule has 1 fully saturated rings.